The second-order valence-corrected chi connectivity index (χ2v) is 4.55. The van der Waals surface area contributed by atoms with Crippen LogP contribution in [0.3, 0.4) is 0 Å². The van der Waals surface area contributed by atoms with Gasteiger partial charge in [0.05, 0.1) is 11.9 Å². The predicted molar refractivity (Wildman–Crippen MR) is 74.1 cm³/mol. The summed E-state index contributed by atoms with van der Waals surface area (Å²) in [4.78, 5) is 4.31. The molecule has 0 radical (unpaired) electrons. The summed E-state index contributed by atoms with van der Waals surface area (Å²) < 4.78 is 16.3. The molecule has 0 amide bonds. The molecule has 0 spiro atoms. The van der Waals surface area contributed by atoms with Crippen LogP contribution < -0.4 is 19.9 Å². The molecule has 20 heavy (non-hydrogen) atoms. The fraction of sp³-hybridized carbons (Fsp3) is 0.267. The molecular formula is C15H16N2O3. The molecule has 1 atom stereocenters. The third-order valence-electron chi connectivity index (χ3n) is 3.16. The summed E-state index contributed by atoms with van der Waals surface area (Å²) >= 11 is 0. The first kappa shape index (κ1) is 12.7. The summed E-state index contributed by atoms with van der Waals surface area (Å²) in [5, 5.41) is 0. The van der Waals surface area contributed by atoms with Gasteiger partial charge in [-0.25, -0.2) is 0 Å². The van der Waals surface area contributed by atoms with Crippen LogP contribution in [-0.4, -0.2) is 11.8 Å². The van der Waals surface area contributed by atoms with E-state index in [2.05, 4.69) is 4.98 Å². The van der Waals surface area contributed by atoms with E-state index in [1.807, 2.05) is 31.2 Å². The van der Waals surface area contributed by atoms with E-state index >= 15 is 0 Å². The minimum atomic E-state index is -0.0328. The van der Waals surface area contributed by atoms with Crippen molar-refractivity contribution in [2.75, 3.05) is 6.79 Å². The Morgan fingerprint density at radius 1 is 1.20 bits per heavy atom. The Kier molecular flexibility index (Phi) is 3.43. The fourth-order valence-electron chi connectivity index (χ4n) is 1.96. The smallest absolute Gasteiger partial charge is 0.231 e. The zero-order chi connectivity index (χ0) is 13.9. The van der Waals surface area contributed by atoms with Gasteiger partial charge in [-0.05, 0) is 30.7 Å². The molecular weight excluding hydrogens is 256 g/mol. The number of pyridine rings is 1. The van der Waals surface area contributed by atoms with Crippen molar-refractivity contribution in [3.8, 4) is 23.0 Å². The molecule has 1 aromatic carbocycles. The maximum atomic E-state index is 5.92. The number of hydrogen-bond acceptors (Lipinski definition) is 5. The van der Waals surface area contributed by atoms with Crippen LogP contribution in [0.4, 0.5) is 0 Å². The third-order valence-corrected chi connectivity index (χ3v) is 3.16. The van der Waals surface area contributed by atoms with Crippen molar-refractivity contribution >= 4 is 0 Å². The molecule has 0 fully saturated rings. The van der Waals surface area contributed by atoms with Gasteiger partial charge < -0.3 is 19.9 Å². The third kappa shape index (κ3) is 2.53. The van der Waals surface area contributed by atoms with Crippen LogP contribution >= 0.6 is 0 Å². The van der Waals surface area contributed by atoms with Crippen LogP contribution in [-0.2, 0) is 0 Å². The van der Waals surface area contributed by atoms with Gasteiger partial charge >= 0.3 is 0 Å². The fourth-order valence-corrected chi connectivity index (χ4v) is 1.96. The molecule has 1 aliphatic heterocycles. The molecule has 3 rings (SSSR count). The van der Waals surface area contributed by atoms with E-state index in [0.29, 0.717) is 17.2 Å². The maximum absolute atomic E-state index is 5.92. The molecule has 5 heteroatoms. The molecule has 1 aromatic heterocycles. The van der Waals surface area contributed by atoms with Crippen molar-refractivity contribution in [1.29, 1.82) is 0 Å². The summed E-state index contributed by atoms with van der Waals surface area (Å²) in [7, 11) is 0. The highest BCUT2D eigenvalue weighted by atomic mass is 16.7. The first-order chi connectivity index (χ1) is 9.76. The first-order valence-corrected chi connectivity index (χ1v) is 6.55. The number of hydrogen-bond donors (Lipinski definition) is 1. The molecule has 1 aliphatic rings. The quantitative estimate of drug-likeness (QED) is 0.926. The molecule has 0 saturated heterocycles. The van der Waals surface area contributed by atoms with Crippen LogP contribution in [0.25, 0.3) is 0 Å². The predicted octanol–water partition coefficient (Wildman–Crippen LogP) is 3.01. The lowest BCUT2D eigenvalue weighted by atomic mass is 10.1. The Balaban J connectivity index is 1.74. The van der Waals surface area contributed by atoms with Crippen molar-refractivity contribution in [2.24, 2.45) is 5.73 Å². The van der Waals surface area contributed by atoms with Crippen LogP contribution in [0.5, 0.6) is 23.0 Å². The number of nitrogens with zero attached hydrogens (tertiary/aromatic N) is 1. The van der Waals surface area contributed by atoms with Gasteiger partial charge in [0.15, 0.2) is 11.5 Å². The van der Waals surface area contributed by atoms with Gasteiger partial charge in [0.25, 0.3) is 0 Å². The highest BCUT2D eigenvalue weighted by Gasteiger charge is 2.14. The molecule has 104 valence electrons. The minimum Gasteiger partial charge on any atom is -0.456 e. The van der Waals surface area contributed by atoms with Crippen molar-refractivity contribution < 1.29 is 14.2 Å². The Labute approximate surface area is 117 Å². The summed E-state index contributed by atoms with van der Waals surface area (Å²) in [6, 6.07) is 9.17. The Morgan fingerprint density at radius 3 is 2.75 bits per heavy atom. The second-order valence-electron chi connectivity index (χ2n) is 4.55. The van der Waals surface area contributed by atoms with E-state index in [1.165, 1.54) is 0 Å². The highest BCUT2D eigenvalue weighted by molar-refractivity contribution is 5.47. The van der Waals surface area contributed by atoms with Crippen LogP contribution in [0.2, 0.25) is 0 Å². The van der Waals surface area contributed by atoms with Gasteiger partial charge in [0.1, 0.15) is 11.5 Å². The van der Waals surface area contributed by atoms with E-state index in [-0.39, 0.29) is 12.8 Å². The Morgan fingerprint density at radius 2 is 2.00 bits per heavy atom. The average Bonchev–Trinajstić information content (AvgIpc) is 2.95. The number of nitrogens with two attached hydrogens (primary N) is 1. The van der Waals surface area contributed by atoms with E-state index < -0.39 is 0 Å². The summed E-state index contributed by atoms with van der Waals surface area (Å²) in [5.41, 5.74) is 6.79. The number of benzene rings is 1. The standard InChI is InChI=1S/C15H16N2O3/c1-2-12(16)13-5-3-11(8-17-13)20-10-4-6-14-15(7-10)19-9-18-14/h3-8,12H,2,9,16H2,1H3/t12-/m1/s1. The van der Waals surface area contributed by atoms with Crippen molar-refractivity contribution in [2.45, 2.75) is 19.4 Å². The summed E-state index contributed by atoms with van der Waals surface area (Å²) in [5.74, 6) is 2.78. The van der Waals surface area contributed by atoms with Crippen molar-refractivity contribution in [3.63, 3.8) is 0 Å². The molecule has 0 saturated carbocycles. The van der Waals surface area contributed by atoms with Gasteiger partial charge in [-0.2, -0.15) is 0 Å². The van der Waals surface area contributed by atoms with Gasteiger partial charge in [0, 0.05) is 12.1 Å². The monoisotopic (exact) mass is 272 g/mol. The molecule has 2 N–H and O–H groups in total. The lowest BCUT2D eigenvalue weighted by Gasteiger charge is -2.10. The zero-order valence-electron chi connectivity index (χ0n) is 11.2. The topological polar surface area (TPSA) is 66.6 Å². The van der Waals surface area contributed by atoms with Gasteiger partial charge in [-0.15, -0.1) is 0 Å². The van der Waals surface area contributed by atoms with E-state index in [0.717, 1.165) is 17.9 Å². The van der Waals surface area contributed by atoms with E-state index in [4.69, 9.17) is 19.9 Å². The second kappa shape index (κ2) is 5.38. The molecule has 5 nitrogen and oxygen atoms in total. The minimum absolute atomic E-state index is 0.0328. The number of rotatable bonds is 4. The number of fused-ring (bicyclic) bond motifs is 1. The van der Waals surface area contributed by atoms with Crippen molar-refractivity contribution in [3.05, 3.63) is 42.2 Å². The zero-order valence-corrected chi connectivity index (χ0v) is 11.2. The van der Waals surface area contributed by atoms with Gasteiger partial charge in [-0.3, -0.25) is 4.98 Å². The van der Waals surface area contributed by atoms with Gasteiger partial charge in [0.2, 0.25) is 6.79 Å². The van der Waals surface area contributed by atoms with Crippen molar-refractivity contribution in [1.82, 2.24) is 4.98 Å². The van der Waals surface area contributed by atoms with Crippen LogP contribution in [0, 0.1) is 0 Å². The molecule has 0 bridgehead atoms. The summed E-state index contributed by atoms with van der Waals surface area (Å²) in [6.07, 6.45) is 2.53. The lowest BCUT2D eigenvalue weighted by molar-refractivity contribution is 0.174. The number of aromatic nitrogens is 1. The lowest BCUT2D eigenvalue weighted by Crippen LogP contribution is -2.10. The largest absolute Gasteiger partial charge is 0.456 e. The molecule has 0 aliphatic carbocycles. The number of ether oxygens (including phenoxy) is 3. The highest BCUT2D eigenvalue weighted by Crippen LogP contribution is 2.36. The van der Waals surface area contributed by atoms with Crippen LogP contribution in [0.1, 0.15) is 25.1 Å². The van der Waals surface area contributed by atoms with E-state index in [9.17, 15) is 0 Å². The first-order valence-electron chi connectivity index (χ1n) is 6.55. The Hall–Kier alpha value is -2.27. The van der Waals surface area contributed by atoms with Gasteiger partial charge in [-0.1, -0.05) is 6.92 Å². The Bertz CT molecular complexity index is 599. The molecule has 0 unspecified atom stereocenters. The van der Waals surface area contributed by atoms with E-state index in [1.54, 1.807) is 12.3 Å². The summed E-state index contributed by atoms with van der Waals surface area (Å²) in [6.45, 7) is 2.29. The SMILES string of the molecule is CC[C@@H](N)c1ccc(Oc2ccc3c(c2)OCO3)cn1. The van der Waals surface area contributed by atoms with Crippen LogP contribution in [0.15, 0.2) is 36.5 Å². The average molecular weight is 272 g/mol. The maximum Gasteiger partial charge on any atom is 0.231 e. The molecule has 2 heterocycles. The normalized spacial score (nSPS) is 14.1. The molecule has 2 aromatic rings.